The lowest BCUT2D eigenvalue weighted by molar-refractivity contribution is -0.209. The van der Waals surface area contributed by atoms with Gasteiger partial charge in [0.2, 0.25) is 0 Å². The fourth-order valence-electron chi connectivity index (χ4n) is 0.466. The quantitative estimate of drug-likeness (QED) is 0.618. The van der Waals surface area contributed by atoms with E-state index in [-0.39, 0.29) is 6.42 Å². The molecule has 0 radical (unpaired) electrons. The Balaban J connectivity index is 3.94. The van der Waals surface area contributed by atoms with Crippen LogP contribution in [0.2, 0.25) is 0 Å². The largest absolute Gasteiger partial charge is 0.415 e. The van der Waals surface area contributed by atoms with Crippen LogP contribution in [0.15, 0.2) is 0 Å². The van der Waals surface area contributed by atoms with Gasteiger partial charge in [0.05, 0.1) is 0 Å². The van der Waals surface area contributed by atoms with Gasteiger partial charge in [0, 0.05) is 6.04 Å². The van der Waals surface area contributed by atoms with Gasteiger partial charge in [0.25, 0.3) is 0 Å². The van der Waals surface area contributed by atoms with Gasteiger partial charge < -0.3 is 10.8 Å². The van der Waals surface area contributed by atoms with Gasteiger partial charge in [-0.05, 0) is 6.42 Å². The van der Waals surface area contributed by atoms with Gasteiger partial charge in [-0.15, -0.1) is 0 Å². The van der Waals surface area contributed by atoms with Crippen molar-refractivity contribution >= 4 is 0 Å². The molecular formula is C5H10F3NO. The Hall–Kier alpha value is -0.290. The van der Waals surface area contributed by atoms with Crippen molar-refractivity contribution in [2.45, 2.75) is 31.7 Å². The van der Waals surface area contributed by atoms with Crippen LogP contribution in [-0.4, -0.2) is 23.4 Å². The number of alkyl halides is 3. The molecule has 0 unspecified atom stereocenters. The number of aliphatic hydroxyl groups is 1. The summed E-state index contributed by atoms with van der Waals surface area (Å²) >= 11 is 0. The van der Waals surface area contributed by atoms with E-state index < -0.39 is 18.3 Å². The summed E-state index contributed by atoms with van der Waals surface area (Å²) in [5.41, 5.74) is 4.93. The molecule has 0 aliphatic carbocycles. The zero-order chi connectivity index (χ0) is 8.36. The second-order valence-corrected chi connectivity index (χ2v) is 2.06. The molecule has 3 N–H and O–H groups in total. The molecule has 0 aromatic carbocycles. The van der Waals surface area contributed by atoms with E-state index in [0.717, 1.165) is 0 Å². The molecule has 0 amide bonds. The average Bonchev–Trinajstić information content (AvgIpc) is 1.83. The highest BCUT2D eigenvalue weighted by molar-refractivity contribution is 4.76. The van der Waals surface area contributed by atoms with Crippen molar-refractivity contribution in [2.24, 2.45) is 5.73 Å². The first-order valence-electron chi connectivity index (χ1n) is 2.90. The zero-order valence-corrected chi connectivity index (χ0v) is 5.52. The van der Waals surface area contributed by atoms with E-state index in [1.165, 1.54) is 6.92 Å². The molecule has 0 heterocycles. The third-order valence-electron chi connectivity index (χ3n) is 1.21. The highest BCUT2D eigenvalue weighted by Gasteiger charge is 2.41. The molecule has 0 aromatic rings. The summed E-state index contributed by atoms with van der Waals surface area (Å²) in [5, 5.41) is 8.40. The number of halogens is 3. The third-order valence-corrected chi connectivity index (χ3v) is 1.21. The molecule has 0 aromatic heterocycles. The van der Waals surface area contributed by atoms with Crippen LogP contribution in [-0.2, 0) is 0 Å². The molecule has 0 saturated carbocycles. The van der Waals surface area contributed by atoms with E-state index in [1.807, 2.05) is 0 Å². The predicted molar refractivity (Wildman–Crippen MR) is 30.3 cm³/mol. The summed E-state index contributed by atoms with van der Waals surface area (Å²) in [6.07, 6.45) is -6.87. The van der Waals surface area contributed by atoms with Crippen LogP contribution in [0.3, 0.4) is 0 Å². The normalized spacial score (nSPS) is 18.6. The van der Waals surface area contributed by atoms with Gasteiger partial charge >= 0.3 is 6.18 Å². The Kier molecular flexibility index (Phi) is 3.11. The summed E-state index contributed by atoms with van der Waals surface area (Å²) in [7, 11) is 0. The van der Waals surface area contributed by atoms with Crippen LogP contribution >= 0.6 is 0 Å². The van der Waals surface area contributed by atoms with Crippen molar-refractivity contribution in [3.63, 3.8) is 0 Å². The minimum absolute atomic E-state index is 0.112. The van der Waals surface area contributed by atoms with E-state index in [1.54, 1.807) is 0 Å². The van der Waals surface area contributed by atoms with Crippen molar-refractivity contribution in [3.8, 4) is 0 Å². The van der Waals surface area contributed by atoms with Crippen LogP contribution < -0.4 is 5.73 Å². The second-order valence-electron chi connectivity index (χ2n) is 2.06. The lowest BCUT2D eigenvalue weighted by atomic mass is 10.1. The highest BCUT2D eigenvalue weighted by atomic mass is 19.4. The Labute approximate surface area is 56.8 Å². The number of hydrogen-bond acceptors (Lipinski definition) is 2. The van der Waals surface area contributed by atoms with Gasteiger partial charge in [-0.25, -0.2) is 0 Å². The highest BCUT2D eigenvalue weighted by Crippen LogP contribution is 2.22. The monoisotopic (exact) mass is 157 g/mol. The average molecular weight is 157 g/mol. The van der Waals surface area contributed by atoms with Gasteiger partial charge in [-0.3, -0.25) is 0 Å². The lowest BCUT2D eigenvalue weighted by Crippen LogP contribution is -2.44. The van der Waals surface area contributed by atoms with E-state index in [9.17, 15) is 13.2 Å². The van der Waals surface area contributed by atoms with Crippen molar-refractivity contribution in [1.29, 1.82) is 0 Å². The summed E-state index contributed by atoms with van der Waals surface area (Å²) in [6, 6.07) is -1.21. The Morgan fingerprint density at radius 1 is 1.50 bits per heavy atom. The summed E-state index contributed by atoms with van der Waals surface area (Å²) in [4.78, 5) is 0. The number of hydrogen-bond donors (Lipinski definition) is 2. The standard InChI is InChI=1S/C5H10F3NO/c1-2-3(9)4(10)5(6,7)8/h3-4,10H,2,9H2,1H3/t3-,4+/m1/s1. The zero-order valence-electron chi connectivity index (χ0n) is 5.52. The minimum Gasteiger partial charge on any atom is -0.382 e. The van der Waals surface area contributed by atoms with Gasteiger partial charge in [0.1, 0.15) is 0 Å². The first-order valence-corrected chi connectivity index (χ1v) is 2.90. The fraction of sp³-hybridized carbons (Fsp3) is 1.00. The number of aliphatic hydroxyl groups excluding tert-OH is 1. The van der Waals surface area contributed by atoms with Gasteiger partial charge in [-0.1, -0.05) is 6.92 Å². The molecule has 0 rings (SSSR count). The summed E-state index contributed by atoms with van der Waals surface area (Å²) in [6.45, 7) is 1.49. The first kappa shape index (κ1) is 9.71. The van der Waals surface area contributed by atoms with E-state index >= 15 is 0 Å². The predicted octanol–water partition coefficient (Wildman–Crippen LogP) is 0.647. The van der Waals surface area contributed by atoms with Crippen LogP contribution in [0.1, 0.15) is 13.3 Å². The van der Waals surface area contributed by atoms with Crippen LogP contribution in [0, 0.1) is 0 Å². The summed E-state index contributed by atoms with van der Waals surface area (Å²) in [5.74, 6) is 0. The van der Waals surface area contributed by atoms with E-state index in [2.05, 4.69) is 0 Å². The molecule has 0 spiro atoms. The molecule has 0 bridgehead atoms. The minimum atomic E-state index is -4.59. The molecule has 0 saturated heterocycles. The topological polar surface area (TPSA) is 46.2 Å². The molecule has 62 valence electrons. The van der Waals surface area contributed by atoms with Crippen molar-refractivity contribution in [3.05, 3.63) is 0 Å². The van der Waals surface area contributed by atoms with Crippen LogP contribution in [0.4, 0.5) is 13.2 Å². The second kappa shape index (κ2) is 3.21. The molecule has 0 aliphatic rings. The van der Waals surface area contributed by atoms with Crippen LogP contribution in [0.5, 0.6) is 0 Å². The number of nitrogens with two attached hydrogens (primary N) is 1. The smallest absolute Gasteiger partial charge is 0.382 e. The molecule has 0 fully saturated rings. The van der Waals surface area contributed by atoms with Crippen molar-refractivity contribution < 1.29 is 18.3 Å². The molecular weight excluding hydrogens is 147 g/mol. The Bertz CT molecular complexity index is 104. The molecule has 0 aliphatic heterocycles. The van der Waals surface area contributed by atoms with E-state index in [4.69, 9.17) is 10.8 Å². The van der Waals surface area contributed by atoms with Crippen molar-refractivity contribution in [2.75, 3.05) is 0 Å². The van der Waals surface area contributed by atoms with Crippen LogP contribution in [0.25, 0.3) is 0 Å². The van der Waals surface area contributed by atoms with Gasteiger partial charge in [0.15, 0.2) is 6.10 Å². The maximum absolute atomic E-state index is 11.6. The third kappa shape index (κ3) is 2.53. The van der Waals surface area contributed by atoms with Crippen molar-refractivity contribution in [1.82, 2.24) is 0 Å². The molecule has 2 atom stereocenters. The maximum atomic E-state index is 11.6. The maximum Gasteiger partial charge on any atom is 0.415 e. The molecule has 10 heavy (non-hydrogen) atoms. The Morgan fingerprint density at radius 3 is 2.00 bits per heavy atom. The number of rotatable bonds is 2. The van der Waals surface area contributed by atoms with E-state index in [0.29, 0.717) is 0 Å². The first-order chi connectivity index (χ1) is 4.39. The lowest BCUT2D eigenvalue weighted by Gasteiger charge is -2.19. The fourth-order valence-corrected chi connectivity index (χ4v) is 0.466. The van der Waals surface area contributed by atoms with Gasteiger partial charge in [-0.2, -0.15) is 13.2 Å². The molecule has 2 nitrogen and oxygen atoms in total. The molecule has 5 heteroatoms. The Morgan fingerprint density at radius 2 is 1.90 bits per heavy atom. The SMILES string of the molecule is CC[C@@H](N)[C@H](O)C(F)(F)F. The summed E-state index contributed by atoms with van der Waals surface area (Å²) < 4.78 is 34.7.